The standard InChI is InChI=1S/C17H27N/c1-3-5-13-18(12-4-2)17-11-10-15-8-6-7-9-16(15)14-17/h6-9,17H,3-5,10-14H2,1-2H3. The molecule has 1 nitrogen and oxygen atoms in total. The topological polar surface area (TPSA) is 3.24 Å². The van der Waals surface area contributed by atoms with Crippen LogP contribution in [0.5, 0.6) is 0 Å². The van der Waals surface area contributed by atoms with E-state index in [1.807, 2.05) is 0 Å². The lowest BCUT2D eigenvalue weighted by molar-refractivity contribution is 0.177. The van der Waals surface area contributed by atoms with Crippen molar-refractivity contribution in [3.63, 3.8) is 0 Å². The molecule has 0 saturated heterocycles. The number of nitrogens with zero attached hydrogens (tertiary/aromatic N) is 1. The van der Waals surface area contributed by atoms with Crippen molar-refractivity contribution in [2.45, 2.75) is 58.4 Å². The van der Waals surface area contributed by atoms with Crippen LogP contribution in [0.25, 0.3) is 0 Å². The summed E-state index contributed by atoms with van der Waals surface area (Å²) in [7, 11) is 0. The number of hydrogen-bond acceptors (Lipinski definition) is 1. The quantitative estimate of drug-likeness (QED) is 0.730. The summed E-state index contributed by atoms with van der Waals surface area (Å²) < 4.78 is 0. The number of aryl methyl sites for hydroxylation is 1. The van der Waals surface area contributed by atoms with Gasteiger partial charge in [0.05, 0.1) is 0 Å². The SMILES string of the molecule is CCCCN(CCC)C1CCc2ccccc2C1. The Morgan fingerprint density at radius 3 is 2.56 bits per heavy atom. The second-order valence-corrected chi connectivity index (χ2v) is 5.55. The molecular weight excluding hydrogens is 218 g/mol. The molecule has 1 atom stereocenters. The Hall–Kier alpha value is -0.820. The summed E-state index contributed by atoms with van der Waals surface area (Å²) in [6, 6.07) is 9.79. The highest BCUT2D eigenvalue weighted by molar-refractivity contribution is 5.30. The van der Waals surface area contributed by atoms with Crippen molar-refractivity contribution in [3.8, 4) is 0 Å². The number of rotatable bonds is 6. The molecule has 0 bridgehead atoms. The van der Waals surface area contributed by atoms with Crippen molar-refractivity contribution < 1.29 is 0 Å². The average molecular weight is 245 g/mol. The highest BCUT2D eigenvalue weighted by Crippen LogP contribution is 2.24. The molecule has 1 unspecified atom stereocenters. The van der Waals surface area contributed by atoms with Crippen LogP contribution in [0.1, 0.15) is 50.7 Å². The zero-order valence-corrected chi connectivity index (χ0v) is 12.0. The lowest BCUT2D eigenvalue weighted by Crippen LogP contribution is -2.40. The highest BCUT2D eigenvalue weighted by atomic mass is 15.1. The van der Waals surface area contributed by atoms with E-state index in [9.17, 15) is 0 Å². The summed E-state index contributed by atoms with van der Waals surface area (Å²) in [5.41, 5.74) is 3.17. The first-order valence-corrected chi connectivity index (χ1v) is 7.66. The smallest absolute Gasteiger partial charge is 0.0139 e. The maximum absolute atomic E-state index is 2.74. The molecule has 0 heterocycles. The summed E-state index contributed by atoms with van der Waals surface area (Å²) in [5, 5.41) is 0. The van der Waals surface area contributed by atoms with Gasteiger partial charge in [-0.3, -0.25) is 0 Å². The summed E-state index contributed by atoms with van der Waals surface area (Å²) in [4.78, 5) is 2.74. The second kappa shape index (κ2) is 6.94. The Bertz CT molecular complexity index is 358. The van der Waals surface area contributed by atoms with Gasteiger partial charge in [0.25, 0.3) is 0 Å². The first kappa shape index (κ1) is 13.6. The van der Waals surface area contributed by atoms with Gasteiger partial charge in [-0.15, -0.1) is 0 Å². The van der Waals surface area contributed by atoms with E-state index in [0.29, 0.717) is 0 Å². The lowest BCUT2D eigenvalue weighted by atomic mass is 9.87. The molecule has 0 spiro atoms. The summed E-state index contributed by atoms with van der Waals surface area (Å²) in [5.74, 6) is 0. The predicted molar refractivity (Wildman–Crippen MR) is 79.0 cm³/mol. The van der Waals surface area contributed by atoms with Crippen LogP contribution < -0.4 is 0 Å². The molecule has 0 amide bonds. The molecule has 0 radical (unpaired) electrons. The Morgan fingerprint density at radius 1 is 1.06 bits per heavy atom. The minimum atomic E-state index is 0.784. The minimum Gasteiger partial charge on any atom is -0.300 e. The van der Waals surface area contributed by atoms with E-state index >= 15 is 0 Å². The fraction of sp³-hybridized carbons (Fsp3) is 0.647. The summed E-state index contributed by atoms with van der Waals surface area (Å²) in [6.07, 6.45) is 7.82. The van der Waals surface area contributed by atoms with Gasteiger partial charge in [-0.25, -0.2) is 0 Å². The molecule has 0 aromatic heterocycles. The van der Waals surface area contributed by atoms with Crippen molar-refractivity contribution >= 4 is 0 Å². The van der Waals surface area contributed by atoms with Gasteiger partial charge < -0.3 is 4.90 Å². The zero-order chi connectivity index (χ0) is 12.8. The Balaban J connectivity index is 2.00. The van der Waals surface area contributed by atoms with Crippen LogP contribution in [-0.4, -0.2) is 24.0 Å². The van der Waals surface area contributed by atoms with Crippen LogP contribution in [0.2, 0.25) is 0 Å². The van der Waals surface area contributed by atoms with Crippen LogP contribution in [0.4, 0.5) is 0 Å². The zero-order valence-electron chi connectivity index (χ0n) is 12.0. The molecule has 18 heavy (non-hydrogen) atoms. The van der Waals surface area contributed by atoms with E-state index < -0.39 is 0 Å². The molecule has 1 aromatic carbocycles. The predicted octanol–water partition coefficient (Wildman–Crippen LogP) is 4.06. The van der Waals surface area contributed by atoms with E-state index in [4.69, 9.17) is 0 Å². The Kier molecular flexibility index (Phi) is 5.25. The van der Waals surface area contributed by atoms with Crippen molar-refractivity contribution in [3.05, 3.63) is 35.4 Å². The third-order valence-corrected chi connectivity index (χ3v) is 4.15. The summed E-state index contributed by atoms with van der Waals surface area (Å²) in [6.45, 7) is 7.15. The fourth-order valence-corrected chi connectivity index (χ4v) is 3.12. The minimum absolute atomic E-state index is 0.784. The molecule has 0 N–H and O–H groups in total. The molecule has 0 saturated carbocycles. The van der Waals surface area contributed by atoms with Crippen LogP contribution in [0, 0.1) is 0 Å². The lowest BCUT2D eigenvalue weighted by Gasteiger charge is -2.35. The largest absolute Gasteiger partial charge is 0.300 e. The van der Waals surface area contributed by atoms with E-state index in [1.165, 1.54) is 51.6 Å². The van der Waals surface area contributed by atoms with E-state index in [0.717, 1.165) is 6.04 Å². The number of benzene rings is 1. The van der Waals surface area contributed by atoms with E-state index in [2.05, 4.69) is 43.0 Å². The second-order valence-electron chi connectivity index (χ2n) is 5.55. The molecule has 0 fully saturated rings. The van der Waals surface area contributed by atoms with Gasteiger partial charge in [-0.1, -0.05) is 44.5 Å². The van der Waals surface area contributed by atoms with Gasteiger partial charge in [0.2, 0.25) is 0 Å². The Morgan fingerprint density at radius 2 is 1.83 bits per heavy atom. The van der Waals surface area contributed by atoms with Crippen LogP contribution >= 0.6 is 0 Å². The number of unbranched alkanes of at least 4 members (excludes halogenated alkanes) is 1. The highest BCUT2D eigenvalue weighted by Gasteiger charge is 2.22. The number of fused-ring (bicyclic) bond motifs is 1. The molecular formula is C17H27N. The van der Waals surface area contributed by atoms with Crippen molar-refractivity contribution in [2.24, 2.45) is 0 Å². The summed E-state index contributed by atoms with van der Waals surface area (Å²) >= 11 is 0. The Labute approximate surface area is 112 Å². The van der Waals surface area contributed by atoms with Crippen molar-refractivity contribution in [1.82, 2.24) is 4.90 Å². The van der Waals surface area contributed by atoms with Gasteiger partial charge in [0.1, 0.15) is 0 Å². The van der Waals surface area contributed by atoms with Gasteiger partial charge in [-0.2, -0.15) is 0 Å². The maximum Gasteiger partial charge on any atom is 0.0139 e. The van der Waals surface area contributed by atoms with Crippen molar-refractivity contribution in [1.29, 1.82) is 0 Å². The first-order chi connectivity index (χ1) is 8.85. The van der Waals surface area contributed by atoms with Gasteiger partial charge in [0, 0.05) is 6.04 Å². The van der Waals surface area contributed by atoms with E-state index in [-0.39, 0.29) is 0 Å². The molecule has 1 aliphatic carbocycles. The normalized spacial score (nSPS) is 18.9. The van der Waals surface area contributed by atoms with Crippen LogP contribution in [0.3, 0.4) is 0 Å². The fourth-order valence-electron chi connectivity index (χ4n) is 3.12. The molecule has 1 aliphatic rings. The maximum atomic E-state index is 2.74. The third-order valence-electron chi connectivity index (χ3n) is 4.15. The van der Waals surface area contributed by atoms with Crippen molar-refractivity contribution in [2.75, 3.05) is 13.1 Å². The monoisotopic (exact) mass is 245 g/mol. The van der Waals surface area contributed by atoms with Crippen LogP contribution in [-0.2, 0) is 12.8 Å². The van der Waals surface area contributed by atoms with Gasteiger partial charge >= 0.3 is 0 Å². The molecule has 2 rings (SSSR count). The first-order valence-electron chi connectivity index (χ1n) is 7.66. The molecule has 100 valence electrons. The van der Waals surface area contributed by atoms with Gasteiger partial charge in [-0.05, 0) is 56.3 Å². The van der Waals surface area contributed by atoms with Crippen LogP contribution in [0.15, 0.2) is 24.3 Å². The van der Waals surface area contributed by atoms with Gasteiger partial charge in [0.15, 0.2) is 0 Å². The number of hydrogen-bond donors (Lipinski definition) is 0. The molecule has 0 aliphatic heterocycles. The third kappa shape index (κ3) is 3.35. The molecule has 1 aromatic rings. The molecule has 1 heteroatoms. The van der Waals surface area contributed by atoms with E-state index in [1.54, 1.807) is 11.1 Å². The average Bonchev–Trinajstić information content (AvgIpc) is 2.43.